The molecule has 160 valence electrons. The number of ether oxygens (including phenoxy) is 1. The molecule has 0 aromatic carbocycles. The van der Waals surface area contributed by atoms with Crippen molar-refractivity contribution >= 4 is 29.0 Å². The maximum Gasteiger partial charge on any atom is 0.253 e. The van der Waals surface area contributed by atoms with Gasteiger partial charge in [0.2, 0.25) is 0 Å². The van der Waals surface area contributed by atoms with Gasteiger partial charge in [-0.1, -0.05) is 18.5 Å². The average Bonchev–Trinajstić information content (AvgIpc) is 3.13. The van der Waals surface area contributed by atoms with Gasteiger partial charge in [-0.2, -0.15) is 0 Å². The van der Waals surface area contributed by atoms with Crippen molar-refractivity contribution in [2.24, 2.45) is 5.92 Å². The molecule has 0 radical (unpaired) electrons. The summed E-state index contributed by atoms with van der Waals surface area (Å²) in [4.78, 5) is 19.7. The molecule has 0 aliphatic carbocycles. The third-order valence-corrected chi connectivity index (χ3v) is 6.20. The number of methoxy groups -OCH3 is 1. The Hall–Kier alpha value is -1.83. The standard InChI is InChI=1S/C21H32ClN5O2/c1-5-15-12-27-17(25-15)10-16(18(22)19(27)23)20(28)24-11-14-6-8-26(9-7-14)13-21(2,3)29-4/h10,12,14H,5-9,11,13,23H2,1-4H3,(H,24,28). The molecule has 1 saturated heterocycles. The van der Waals surface area contributed by atoms with Crippen molar-refractivity contribution in [1.82, 2.24) is 19.6 Å². The normalized spacial score (nSPS) is 16.4. The number of hydrogen-bond donors (Lipinski definition) is 2. The number of likely N-dealkylation sites (tertiary alicyclic amines) is 1. The van der Waals surface area contributed by atoms with Gasteiger partial charge >= 0.3 is 0 Å². The number of nitrogen functional groups attached to an aromatic ring is 1. The Morgan fingerprint density at radius 1 is 1.41 bits per heavy atom. The SMILES string of the molecule is CCc1cn2c(N)c(Cl)c(C(=O)NCC3CCN(CC(C)(C)OC)CC3)cc2n1. The predicted molar refractivity (Wildman–Crippen MR) is 117 cm³/mol. The lowest BCUT2D eigenvalue weighted by Crippen LogP contribution is -2.45. The zero-order valence-electron chi connectivity index (χ0n) is 17.8. The molecular weight excluding hydrogens is 390 g/mol. The molecule has 1 fully saturated rings. The summed E-state index contributed by atoms with van der Waals surface area (Å²) >= 11 is 6.38. The van der Waals surface area contributed by atoms with Crippen LogP contribution in [-0.4, -0.2) is 59.1 Å². The van der Waals surface area contributed by atoms with Gasteiger partial charge in [-0.25, -0.2) is 4.98 Å². The van der Waals surface area contributed by atoms with E-state index >= 15 is 0 Å². The lowest BCUT2D eigenvalue weighted by molar-refractivity contribution is -0.0145. The number of imidazole rings is 1. The van der Waals surface area contributed by atoms with Crippen LogP contribution >= 0.6 is 11.6 Å². The fourth-order valence-corrected chi connectivity index (χ4v) is 4.03. The molecular formula is C21H32ClN5O2. The van der Waals surface area contributed by atoms with E-state index in [-0.39, 0.29) is 16.5 Å². The van der Waals surface area contributed by atoms with E-state index < -0.39 is 0 Å². The van der Waals surface area contributed by atoms with Gasteiger partial charge in [0.15, 0.2) is 0 Å². The number of anilines is 1. The molecule has 2 aromatic heterocycles. The molecule has 29 heavy (non-hydrogen) atoms. The van der Waals surface area contributed by atoms with Crippen molar-refractivity contribution in [2.45, 2.75) is 45.6 Å². The Bertz CT molecular complexity index is 872. The number of nitrogens with two attached hydrogens (primary N) is 1. The van der Waals surface area contributed by atoms with Gasteiger partial charge in [0.25, 0.3) is 5.91 Å². The number of aryl methyl sites for hydroxylation is 1. The molecule has 1 aliphatic rings. The summed E-state index contributed by atoms with van der Waals surface area (Å²) in [5.41, 5.74) is 7.93. The van der Waals surface area contributed by atoms with Crippen LogP contribution in [0.25, 0.3) is 5.65 Å². The number of nitrogens with zero attached hydrogens (tertiary/aromatic N) is 3. The molecule has 0 spiro atoms. The van der Waals surface area contributed by atoms with Gasteiger partial charge in [-0.3, -0.25) is 9.20 Å². The Morgan fingerprint density at radius 2 is 2.10 bits per heavy atom. The first-order valence-corrected chi connectivity index (χ1v) is 10.6. The Balaban J connectivity index is 1.58. The molecule has 2 aromatic rings. The first-order chi connectivity index (χ1) is 13.7. The molecule has 0 bridgehead atoms. The van der Waals surface area contributed by atoms with Crippen LogP contribution in [0.2, 0.25) is 5.02 Å². The van der Waals surface area contributed by atoms with Crippen LogP contribution in [0, 0.1) is 5.92 Å². The van der Waals surface area contributed by atoms with Gasteiger partial charge < -0.3 is 20.7 Å². The molecule has 0 unspecified atom stereocenters. The summed E-state index contributed by atoms with van der Waals surface area (Å²) in [6.45, 7) is 9.82. The van der Waals surface area contributed by atoms with Crippen LogP contribution in [-0.2, 0) is 11.2 Å². The van der Waals surface area contributed by atoms with Gasteiger partial charge in [-0.15, -0.1) is 0 Å². The largest absolute Gasteiger partial charge is 0.384 e. The molecule has 7 nitrogen and oxygen atoms in total. The first kappa shape index (κ1) is 21.9. The number of fused-ring (bicyclic) bond motifs is 1. The number of nitrogens with one attached hydrogen (secondary N) is 1. The summed E-state index contributed by atoms with van der Waals surface area (Å²) in [6, 6.07) is 1.71. The number of aromatic nitrogens is 2. The zero-order chi connectivity index (χ0) is 21.2. The fraction of sp³-hybridized carbons (Fsp3) is 0.619. The lowest BCUT2D eigenvalue weighted by atomic mass is 9.95. The number of carbonyl (C=O) groups is 1. The Morgan fingerprint density at radius 3 is 2.72 bits per heavy atom. The first-order valence-electron chi connectivity index (χ1n) is 10.3. The number of halogens is 1. The van der Waals surface area contributed by atoms with Gasteiger partial charge in [0, 0.05) is 26.4 Å². The van der Waals surface area contributed by atoms with Crippen LogP contribution in [0.3, 0.4) is 0 Å². The minimum Gasteiger partial charge on any atom is -0.384 e. The van der Waals surface area contributed by atoms with E-state index in [1.807, 2.05) is 13.1 Å². The molecule has 0 atom stereocenters. The number of carbonyl (C=O) groups excluding carboxylic acids is 1. The van der Waals surface area contributed by atoms with E-state index in [1.54, 1.807) is 17.6 Å². The highest BCUT2D eigenvalue weighted by atomic mass is 35.5. The summed E-state index contributed by atoms with van der Waals surface area (Å²) < 4.78 is 7.26. The third-order valence-electron chi connectivity index (χ3n) is 5.80. The van der Waals surface area contributed by atoms with Crippen molar-refractivity contribution in [2.75, 3.05) is 39.0 Å². The molecule has 3 rings (SSSR count). The number of hydrogen-bond acceptors (Lipinski definition) is 5. The molecule has 8 heteroatoms. The average molecular weight is 422 g/mol. The zero-order valence-corrected chi connectivity index (χ0v) is 18.6. The number of amides is 1. The maximum absolute atomic E-state index is 12.8. The van der Waals surface area contributed by atoms with Gasteiger partial charge in [-0.05, 0) is 58.2 Å². The molecule has 3 N–H and O–H groups in total. The second kappa shape index (κ2) is 8.90. The van der Waals surface area contributed by atoms with E-state index in [4.69, 9.17) is 22.1 Å². The van der Waals surface area contributed by atoms with Crippen molar-refractivity contribution in [3.63, 3.8) is 0 Å². The molecule has 1 amide bonds. The predicted octanol–water partition coefficient (Wildman–Crippen LogP) is 3.00. The molecule has 3 heterocycles. The van der Waals surface area contributed by atoms with Crippen LogP contribution in [0.4, 0.5) is 5.82 Å². The quantitative estimate of drug-likeness (QED) is 0.717. The second-order valence-electron chi connectivity index (χ2n) is 8.46. The maximum atomic E-state index is 12.8. The summed E-state index contributed by atoms with van der Waals surface area (Å²) in [6.07, 6.45) is 4.75. The highest BCUT2D eigenvalue weighted by molar-refractivity contribution is 6.36. The smallest absolute Gasteiger partial charge is 0.253 e. The van der Waals surface area contributed by atoms with E-state index in [9.17, 15) is 4.79 Å². The van der Waals surface area contributed by atoms with E-state index in [0.717, 1.165) is 44.6 Å². The van der Waals surface area contributed by atoms with Crippen LogP contribution in [0.15, 0.2) is 12.3 Å². The third kappa shape index (κ3) is 5.02. The van der Waals surface area contributed by atoms with E-state index in [1.165, 1.54) is 0 Å². The molecule has 0 saturated carbocycles. The number of rotatable bonds is 7. The number of piperidine rings is 1. The van der Waals surface area contributed by atoms with E-state index in [0.29, 0.717) is 29.5 Å². The van der Waals surface area contributed by atoms with Gasteiger partial charge in [0.05, 0.1) is 21.9 Å². The highest BCUT2D eigenvalue weighted by Crippen LogP contribution is 2.27. The second-order valence-corrected chi connectivity index (χ2v) is 8.84. The minimum atomic E-state index is -0.201. The highest BCUT2D eigenvalue weighted by Gasteiger charge is 2.26. The van der Waals surface area contributed by atoms with Crippen molar-refractivity contribution in [1.29, 1.82) is 0 Å². The Kier molecular flexibility index (Phi) is 6.71. The lowest BCUT2D eigenvalue weighted by Gasteiger charge is -2.36. The van der Waals surface area contributed by atoms with Crippen LogP contribution in [0.5, 0.6) is 0 Å². The fourth-order valence-electron chi connectivity index (χ4n) is 3.80. The molecule has 1 aliphatic heterocycles. The monoisotopic (exact) mass is 421 g/mol. The topological polar surface area (TPSA) is 84.9 Å². The summed E-state index contributed by atoms with van der Waals surface area (Å²) in [5, 5.41) is 3.31. The van der Waals surface area contributed by atoms with Crippen LogP contribution < -0.4 is 11.1 Å². The summed E-state index contributed by atoms with van der Waals surface area (Å²) in [5.74, 6) is 0.600. The Labute approximate surface area is 177 Å². The van der Waals surface area contributed by atoms with E-state index in [2.05, 4.69) is 29.0 Å². The van der Waals surface area contributed by atoms with Gasteiger partial charge in [0.1, 0.15) is 11.5 Å². The number of pyridine rings is 1. The van der Waals surface area contributed by atoms with Crippen molar-refractivity contribution < 1.29 is 9.53 Å². The van der Waals surface area contributed by atoms with Crippen LogP contribution in [0.1, 0.15) is 49.7 Å². The van der Waals surface area contributed by atoms with Crippen molar-refractivity contribution in [3.05, 3.63) is 28.5 Å². The summed E-state index contributed by atoms with van der Waals surface area (Å²) in [7, 11) is 1.75. The minimum absolute atomic E-state index is 0.138. The van der Waals surface area contributed by atoms with Crippen molar-refractivity contribution in [3.8, 4) is 0 Å².